The maximum atomic E-state index is 11.1. The van der Waals surface area contributed by atoms with Gasteiger partial charge < -0.3 is 10.3 Å². The summed E-state index contributed by atoms with van der Waals surface area (Å²) in [5, 5.41) is 2.70. The average molecular weight is 212 g/mol. The highest BCUT2D eigenvalue weighted by Crippen LogP contribution is 2.19. The average Bonchev–Trinajstić information content (AvgIpc) is 2.83. The number of benzene rings is 1. The maximum Gasteiger partial charge on any atom is 0.247 e. The molecule has 1 aromatic carbocycles. The van der Waals surface area contributed by atoms with Gasteiger partial charge in [0, 0.05) is 17.6 Å². The van der Waals surface area contributed by atoms with Gasteiger partial charge in [-0.3, -0.25) is 4.79 Å². The summed E-state index contributed by atoms with van der Waals surface area (Å²) in [5.74, 6) is -0.201. The lowest BCUT2D eigenvalue weighted by Crippen LogP contribution is -2.06. The first-order valence-electron chi connectivity index (χ1n) is 4.97. The zero-order valence-corrected chi connectivity index (χ0v) is 8.73. The number of hydrogen-bond donors (Lipinski definition) is 2. The van der Waals surface area contributed by atoms with Crippen molar-refractivity contribution >= 4 is 11.6 Å². The third-order valence-electron chi connectivity index (χ3n) is 2.25. The second-order valence-electron chi connectivity index (χ2n) is 3.35. The van der Waals surface area contributed by atoms with E-state index in [0.717, 1.165) is 16.9 Å². The van der Waals surface area contributed by atoms with Crippen molar-refractivity contribution in [3.05, 3.63) is 55.3 Å². The molecular formula is C13H12N2O. The van der Waals surface area contributed by atoms with Crippen molar-refractivity contribution in [3.63, 3.8) is 0 Å². The molecule has 0 saturated heterocycles. The van der Waals surface area contributed by atoms with E-state index in [-0.39, 0.29) is 5.91 Å². The Morgan fingerprint density at radius 3 is 2.56 bits per heavy atom. The molecule has 1 aromatic heterocycles. The molecule has 1 amide bonds. The molecule has 0 aliphatic rings. The van der Waals surface area contributed by atoms with Gasteiger partial charge in [-0.25, -0.2) is 0 Å². The van der Waals surface area contributed by atoms with E-state index in [1.807, 2.05) is 42.6 Å². The number of carbonyl (C=O) groups is 1. The molecule has 80 valence electrons. The van der Waals surface area contributed by atoms with Gasteiger partial charge in [-0.1, -0.05) is 18.7 Å². The number of aromatic amines is 1. The molecule has 0 spiro atoms. The number of amides is 1. The van der Waals surface area contributed by atoms with E-state index in [0.29, 0.717) is 0 Å². The van der Waals surface area contributed by atoms with Gasteiger partial charge >= 0.3 is 0 Å². The second kappa shape index (κ2) is 4.49. The molecule has 2 rings (SSSR count). The maximum absolute atomic E-state index is 11.1. The highest BCUT2D eigenvalue weighted by atomic mass is 16.1. The summed E-state index contributed by atoms with van der Waals surface area (Å²) in [6.45, 7) is 3.40. The fraction of sp³-hybridized carbons (Fsp3) is 0. The first-order chi connectivity index (χ1) is 7.79. The van der Waals surface area contributed by atoms with Crippen LogP contribution in [-0.4, -0.2) is 10.9 Å². The van der Waals surface area contributed by atoms with Crippen molar-refractivity contribution in [2.24, 2.45) is 0 Å². The van der Waals surface area contributed by atoms with Gasteiger partial charge in [0.05, 0.1) is 0 Å². The number of nitrogens with one attached hydrogen (secondary N) is 2. The fourth-order valence-electron chi connectivity index (χ4n) is 1.44. The Morgan fingerprint density at radius 2 is 2.00 bits per heavy atom. The van der Waals surface area contributed by atoms with Crippen LogP contribution in [-0.2, 0) is 4.79 Å². The van der Waals surface area contributed by atoms with Gasteiger partial charge in [-0.2, -0.15) is 0 Å². The van der Waals surface area contributed by atoms with E-state index in [4.69, 9.17) is 0 Å². The predicted molar refractivity (Wildman–Crippen MR) is 65.1 cm³/mol. The smallest absolute Gasteiger partial charge is 0.247 e. The normalized spacial score (nSPS) is 9.75. The second-order valence-corrected chi connectivity index (χ2v) is 3.35. The lowest BCUT2D eigenvalue weighted by Gasteiger charge is -2.03. The molecule has 0 aliphatic carbocycles. The van der Waals surface area contributed by atoms with Crippen LogP contribution >= 0.6 is 0 Å². The van der Waals surface area contributed by atoms with E-state index in [2.05, 4.69) is 16.9 Å². The summed E-state index contributed by atoms with van der Waals surface area (Å²) in [4.78, 5) is 14.2. The van der Waals surface area contributed by atoms with Gasteiger partial charge in [-0.05, 0) is 35.9 Å². The topological polar surface area (TPSA) is 44.9 Å². The van der Waals surface area contributed by atoms with E-state index in [1.54, 1.807) is 0 Å². The molecule has 3 heteroatoms. The molecule has 2 aromatic rings. The van der Waals surface area contributed by atoms with E-state index < -0.39 is 0 Å². The van der Waals surface area contributed by atoms with Crippen molar-refractivity contribution < 1.29 is 4.79 Å². The van der Waals surface area contributed by atoms with Crippen LogP contribution in [0.25, 0.3) is 11.3 Å². The van der Waals surface area contributed by atoms with Gasteiger partial charge in [0.15, 0.2) is 0 Å². The Hall–Kier alpha value is -2.29. The Balaban J connectivity index is 2.17. The molecule has 0 aliphatic heterocycles. The summed E-state index contributed by atoms with van der Waals surface area (Å²) in [6.07, 6.45) is 3.13. The van der Waals surface area contributed by atoms with Crippen LogP contribution in [0.5, 0.6) is 0 Å². The number of aromatic nitrogens is 1. The summed E-state index contributed by atoms with van der Waals surface area (Å²) < 4.78 is 0. The molecule has 16 heavy (non-hydrogen) atoms. The number of rotatable bonds is 3. The van der Waals surface area contributed by atoms with Crippen molar-refractivity contribution in [2.45, 2.75) is 0 Å². The van der Waals surface area contributed by atoms with E-state index in [1.165, 1.54) is 6.08 Å². The van der Waals surface area contributed by atoms with Gasteiger partial charge in [0.1, 0.15) is 0 Å². The van der Waals surface area contributed by atoms with Crippen LogP contribution in [0.3, 0.4) is 0 Å². The zero-order valence-electron chi connectivity index (χ0n) is 8.73. The molecule has 0 unspecified atom stereocenters. The van der Waals surface area contributed by atoms with Crippen LogP contribution < -0.4 is 5.32 Å². The molecule has 0 bridgehead atoms. The quantitative estimate of drug-likeness (QED) is 0.755. The molecule has 0 radical (unpaired) electrons. The van der Waals surface area contributed by atoms with Crippen LogP contribution in [0.15, 0.2) is 55.3 Å². The van der Waals surface area contributed by atoms with E-state index >= 15 is 0 Å². The standard InChI is InChI=1S/C13H12N2O/c1-2-13(16)15-11-7-5-10(6-8-11)12-4-3-9-14-12/h2-9,14H,1H2,(H,15,16). The highest BCUT2D eigenvalue weighted by Gasteiger charge is 1.99. The minimum Gasteiger partial charge on any atom is -0.361 e. The molecular weight excluding hydrogens is 200 g/mol. The number of anilines is 1. The Kier molecular flexibility index (Phi) is 2.87. The lowest BCUT2D eigenvalue weighted by molar-refractivity contribution is -0.111. The van der Waals surface area contributed by atoms with E-state index in [9.17, 15) is 4.79 Å². The van der Waals surface area contributed by atoms with Crippen LogP contribution in [0.2, 0.25) is 0 Å². The molecule has 3 nitrogen and oxygen atoms in total. The van der Waals surface area contributed by atoms with Gasteiger partial charge in [0.25, 0.3) is 0 Å². The largest absolute Gasteiger partial charge is 0.361 e. The fourth-order valence-corrected chi connectivity index (χ4v) is 1.44. The monoisotopic (exact) mass is 212 g/mol. The molecule has 0 fully saturated rings. The number of hydrogen-bond acceptors (Lipinski definition) is 1. The van der Waals surface area contributed by atoms with Gasteiger partial charge in [0.2, 0.25) is 5.91 Å². The molecule has 1 heterocycles. The summed E-state index contributed by atoms with van der Waals surface area (Å²) in [7, 11) is 0. The van der Waals surface area contributed by atoms with Crippen LogP contribution in [0, 0.1) is 0 Å². The molecule has 2 N–H and O–H groups in total. The minimum atomic E-state index is -0.201. The lowest BCUT2D eigenvalue weighted by atomic mass is 10.1. The first-order valence-corrected chi connectivity index (χ1v) is 4.97. The highest BCUT2D eigenvalue weighted by molar-refractivity contribution is 5.98. The Morgan fingerprint density at radius 1 is 1.25 bits per heavy atom. The van der Waals surface area contributed by atoms with Crippen molar-refractivity contribution in [1.29, 1.82) is 0 Å². The zero-order chi connectivity index (χ0) is 11.4. The number of carbonyl (C=O) groups excluding carboxylic acids is 1. The van der Waals surface area contributed by atoms with Crippen LogP contribution in [0.4, 0.5) is 5.69 Å². The minimum absolute atomic E-state index is 0.201. The van der Waals surface area contributed by atoms with Crippen molar-refractivity contribution in [1.82, 2.24) is 4.98 Å². The SMILES string of the molecule is C=CC(=O)Nc1ccc(-c2ccc[nH]2)cc1. The Bertz CT molecular complexity index is 483. The van der Waals surface area contributed by atoms with Gasteiger partial charge in [-0.15, -0.1) is 0 Å². The van der Waals surface area contributed by atoms with Crippen molar-refractivity contribution in [2.75, 3.05) is 5.32 Å². The summed E-state index contributed by atoms with van der Waals surface area (Å²) in [5.41, 5.74) is 2.91. The predicted octanol–water partition coefficient (Wildman–Crippen LogP) is 2.81. The molecule has 0 atom stereocenters. The summed E-state index contributed by atoms with van der Waals surface area (Å²) >= 11 is 0. The first kappa shape index (κ1) is 10.2. The van der Waals surface area contributed by atoms with Crippen molar-refractivity contribution in [3.8, 4) is 11.3 Å². The Labute approximate surface area is 93.8 Å². The van der Waals surface area contributed by atoms with Crippen LogP contribution in [0.1, 0.15) is 0 Å². The number of H-pyrrole nitrogens is 1. The molecule has 0 saturated carbocycles. The summed E-state index contributed by atoms with van der Waals surface area (Å²) in [6, 6.07) is 11.6. The third kappa shape index (κ3) is 2.20. The third-order valence-corrected chi connectivity index (χ3v) is 2.25.